The minimum absolute atomic E-state index is 0.104. The van der Waals surface area contributed by atoms with Crippen LogP contribution in [-0.2, 0) is 23.7 Å². The van der Waals surface area contributed by atoms with Crippen molar-refractivity contribution in [3.63, 3.8) is 0 Å². The molecule has 10 atom stereocenters. The van der Waals surface area contributed by atoms with Crippen LogP contribution in [0.3, 0.4) is 0 Å². The van der Waals surface area contributed by atoms with Crippen LogP contribution in [0.4, 0.5) is 0 Å². The highest BCUT2D eigenvalue weighted by atomic mass is 16.6. The molecule has 0 aromatic carbocycles. The van der Waals surface area contributed by atoms with Gasteiger partial charge in [0.05, 0.1) is 54.4 Å². The summed E-state index contributed by atoms with van der Waals surface area (Å²) in [5.41, 5.74) is -0.0735. The predicted octanol–water partition coefficient (Wildman–Crippen LogP) is 3.18. The molecule has 34 heavy (non-hydrogen) atoms. The van der Waals surface area contributed by atoms with E-state index in [9.17, 15) is 15.0 Å². The maximum Gasteiger partial charge on any atom is 0.145 e. The fraction of sp³-hybridized carbons (Fsp3) is 0.741. The Hall–Kier alpha value is -1.35. The molecule has 4 fully saturated rings. The number of aldehydes is 1. The van der Waals surface area contributed by atoms with Crippen LogP contribution in [-0.4, -0.2) is 77.0 Å². The van der Waals surface area contributed by atoms with Gasteiger partial charge < -0.3 is 29.2 Å². The summed E-state index contributed by atoms with van der Waals surface area (Å²) in [4.78, 5) is 11.0. The van der Waals surface area contributed by atoms with Gasteiger partial charge in [-0.3, -0.25) is 4.79 Å². The first-order valence-electron chi connectivity index (χ1n) is 12.7. The number of ether oxygens (including phenoxy) is 4. The molecule has 0 unspecified atom stereocenters. The zero-order valence-electron chi connectivity index (χ0n) is 20.2. The van der Waals surface area contributed by atoms with E-state index in [2.05, 4.69) is 20.1 Å². The van der Waals surface area contributed by atoms with Gasteiger partial charge in [-0.15, -0.1) is 0 Å². The summed E-state index contributed by atoms with van der Waals surface area (Å²) >= 11 is 0. The molecule has 0 bridgehead atoms. The third kappa shape index (κ3) is 5.72. The summed E-state index contributed by atoms with van der Waals surface area (Å²) in [6.45, 7) is 9.51. The van der Waals surface area contributed by atoms with Crippen molar-refractivity contribution in [2.45, 2.75) is 125 Å². The number of hydrogen-bond acceptors (Lipinski definition) is 7. The summed E-state index contributed by atoms with van der Waals surface area (Å²) in [7, 11) is 0. The highest BCUT2D eigenvalue weighted by Gasteiger charge is 2.54. The number of hydrogen-bond donors (Lipinski definition) is 2. The van der Waals surface area contributed by atoms with Crippen molar-refractivity contribution < 1.29 is 34.0 Å². The molecular formula is C27H40O7. The van der Waals surface area contributed by atoms with Gasteiger partial charge in [-0.1, -0.05) is 31.4 Å². The molecule has 7 nitrogen and oxygen atoms in total. The van der Waals surface area contributed by atoms with Crippen molar-refractivity contribution in [3.8, 4) is 0 Å². The smallest absolute Gasteiger partial charge is 0.145 e. The van der Waals surface area contributed by atoms with E-state index in [4.69, 9.17) is 18.9 Å². The Balaban J connectivity index is 1.44. The Morgan fingerprint density at radius 1 is 1.06 bits per heavy atom. The highest BCUT2D eigenvalue weighted by molar-refractivity contribution is 5.72. The van der Waals surface area contributed by atoms with Gasteiger partial charge in [0.1, 0.15) is 12.4 Å². The van der Waals surface area contributed by atoms with Crippen molar-refractivity contribution >= 4 is 6.29 Å². The Kier molecular flexibility index (Phi) is 8.44. The lowest BCUT2D eigenvalue weighted by molar-refractivity contribution is -0.291. The number of carbonyl (C=O) groups excluding carboxylic acids is 1. The normalized spacial score (nSPS) is 44.7. The van der Waals surface area contributed by atoms with Gasteiger partial charge in [0, 0.05) is 19.3 Å². The van der Waals surface area contributed by atoms with E-state index in [1.807, 2.05) is 12.2 Å². The van der Waals surface area contributed by atoms with Crippen LogP contribution in [0.15, 0.2) is 37.0 Å². The Bertz CT molecular complexity index is 766. The monoisotopic (exact) mass is 476 g/mol. The molecule has 0 radical (unpaired) electrons. The van der Waals surface area contributed by atoms with E-state index in [1.165, 1.54) is 0 Å². The minimum Gasteiger partial charge on any atom is -0.390 e. The lowest BCUT2D eigenvalue weighted by Gasteiger charge is -2.51. The average Bonchev–Trinajstić information content (AvgIpc) is 3.03. The second-order valence-electron chi connectivity index (χ2n) is 10.5. The second kappa shape index (κ2) is 11.1. The summed E-state index contributed by atoms with van der Waals surface area (Å²) in [6, 6.07) is 0. The first kappa shape index (κ1) is 25.7. The summed E-state index contributed by atoms with van der Waals surface area (Å²) in [6.07, 6.45) is 9.60. The molecule has 4 rings (SSSR count). The van der Waals surface area contributed by atoms with Crippen molar-refractivity contribution in [3.05, 3.63) is 37.0 Å². The fourth-order valence-corrected chi connectivity index (χ4v) is 5.99. The van der Waals surface area contributed by atoms with E-state index >= 15 is 0 Å². The van der Waals surface area contributed by atoms with Crippen LogP contribution >= 0.6 is 0 Å². The van der Waals surface area contributed by atoms with Crippen LogP contribution in [0.5, 0.6) is 0 Å². The molecule has 0 saturated carbocycles. The maximum absolute atomic E-state index is 11.0. The molecule has 190 valence electrons. The lowest BCUT2D eigenvalue weighted by atomic mass is 9.81. The number of allylic oxidation sites excluding steroid dienone is 3. The van der Waals surface area contributed by atoms with Crippen LogP contribution < -0.4 is 0 Å². The molecule has 4 saturated heterocycles. The van der Waals surface area contributed by atoms with Crippen molar-refractivity contribution in [2.75, 3.05) is 0 Å². The second-order valence-corrected chi connectivity index (χ2v) is 10.5. The molecule has 2 N–H and O–H groups in total. The zero-order valence-corrected chi connectivity index (χ0v) is 20.2. The van der Waals surface area contributed by atoms with Crippen LogP contribution in [0.25, 0.3) is 0 Å². The van der Waals surface area contributed by atoms with Gasteiger partial charge in [-0.25, -0.2) is 0 Å². The summed E-state index contributed by atoms with van der Waals surface area (Å²) in [5.74, 6) is 0. The molecule has 4 aliphatic rings. The number of carbonyl (C=O) groups is 1. The first-order chi connectivity index (χ1) is 16.3. The molecule has 0 amide bonds. The van der Waals surface area contributed by atoms with Crippen molar-refractivity contribution in [1.29, 1.82) is 0 Å². The molecular weight excluding hydrogens is 436 g/mol. The maximum atomic E-state index is 11.0. The SMILES string of the molecule is C=C/C=C\CC[C@H]1O[C@H]2CC[C@@]3(C)O[C@H]4[C@@H](O)C[C@@H](CC(=C)C=O)O[C@@H]4C[C@@H]3O[C@@H]2CC[C@@H]1O. The molecule has 0 aliphatic carbocycles. The molecule has 4 heterocycles. The van der Waals surface area contributed by atoms with E-state index in [1.54, 1.807) is 6.08 Å². The lowest BCUT2D eigenvalue weighted by Crippen LogP contribution is -2.62. The summed E-state index contributed by atoms with van der Waals surface area (Å²) < 4.78 is 25.9. The zero-order chi connectivity index (χ0) is 24.3. The molecule has 4 aliphatic heterocycles. The van der Waals surface area contributed by atoms with Gasteiger partial charge in [0.25, 0.3) is 0 Å². The topological polar surface area (TPSA) is 94.5 Å². The standard InChI is InChI=1S/C27H40O7/c1-4-5-6-7-8-21-19(29)9-10-22-23(32-21)11-12-27(3)25(33-22)15-24-26(34-27)20(30)14-18(31-24)13-17(2)16-28/h4-6,16,18-26,29-30H,1-2,7-15H2,3H3/b6-5-/t18-,19+,20+,21-,22-,23+,24-,25+,26+,27-/m1/s1. The Labute approximate surface area is 202 Å². The number of fused-ring (bicyclic) bond motifs is 3. The molecule has 7 heteroatoms. The summed E-state index contributed by atoms with van der Waals surface area (Å²) in [5, 5.41) is 21.5. The van der Waals surface area contributed by atoms with E-state index in [0.717, 1.165) is 38.4 Å². The Morgan fingerprint density at radius 3 is 2.62 bits per heavy atom. The fourth-order valence-electron chi connectivity index (χ4n) is 5.99. The number of aliphatic hydroxyl groups excluding tert-OH is 2. The van der Waals surface area contributed by atoms with Gasteiger partial charge in [-0.2, -0.15) is 0 Å². The molecule has 0 aromatic rings. The van der Waals surface area contributed by atoms with Gasteiger partial charge >= 0.3 is 0 Å². The Morgan fingerprint density at radius 2 is 1.85 bits per heavy atom. The van der Waals surface area contributed by atoms with Crippen LogP contribution in [0.1, 0.15) is 64.7 Å². The first-order valence-corrected chi connectivity index (χ1v) is 12.7. The van der Waals surface area contributed by atoms with E-state index < -0.39 is 23.9 Å². The third-order valence-corrected chi connectivity index (χ3v) is 7.90. The third-order valence-electron chi connectivity index (χ3n) is 7.90. The quantitative estimate of drug-likeness (QED) is 0.331. The van der Waals surface area contributed by atoms with E-state index in [-0.39, 0.29) is 36.6 Å². The van der Waals surface area contributed by atoms with Crippen LogP contribution in [0, 0.1) is 0 Å². The predicted molar refractivity (Wildman–Crippen MR) is 127 cm³/mol. The van der Waals surface area contributed by atoms with Gasteiger partial charge in [-0.05, 0) is 51.0 Å². The molecule has 0 spiro atoms. The van der Waals surface area contributed by atoms with Crippen LogP contribution in [0.2, 0.25) is 0 Å². The molecule has 0 aromatic heterocycles. The van der Waals surface area contributed by atoms with E-state index in [0.29, 0.717) is 31.3 Å². The average molecular weight is 477 g/mol. The minimum atomic E-state index is -0.658. The highest BCUT2D eigenvalue weighted by Crippen LogP contribution is 2.45. The van der Waals surface area contributed by atoms with Crippen molar-refractivity contribution in [2.24, 2.45) is 0 Å². The largest absolute Gasteiger partial charge is 0.390 e. The number of rotatable bonds is 7. The number of aliphatic hydroxyl groups is 2. The van der Waals surface area contributed by atoms with Gasteiger partial charge in [0.2, 0.25) is 0 Å². The van der Waals surface area contributed by atoms with Gasteiger partial charge in [0.15, 0.2) is 0 Å². The van der Waals surface area contributed by atoms with Crippen molar-refractivity contribution in [1.82, 2.24) is 0 Å².